The summed E-state index contributed by atoms with van der Waals surface area (Å²) < 4.78 is 0. The largest absolute Gasteiger partial charge is 0.349 e. The Balaban J connectivity index is 1.64. The zero-order chi connectivity index (χ0) is 14.7. The zero-order valence-corrected chi connectivity index (χ0v) is 13.0. The molecule has 0 aromatic heterocycles. The lowest BCUT2D eigenvalue weighted by Crippen LogP contribution is -2.38. The Labute approximate surface area is 131 Å². The van der Waals surface area contributed by atoms with Crippen molar-refractivity contribution < 1.29 is 4.79 Å². The lowest BCUT2D eigenvalue weighted by Gasteiger charge is -2.35. The number of benzene rings is 1. The van der Waals surface area contributed by atoms with Gasteiger partial charge in [-0.15, -0.1) is 0 Å². The van der Waals surface area contributed by atoms with Crippen molar-refractivity contribution in [3.63, 3.8) is 0 Å². The fraction of sp³-hybridized carbons (Fsp3) is 0.588. The molecule has 3 nitrogen and oxygen atoms in total. The highest BCUT2D eigenvalue weighted by molar-refractivity contribution is 6.30. The molecule has 114 valence electrons. The Kier molecular flexibility index (Phi) is 4.81. The highest BCUT2D eigenvalue weighted by atomic mass is 35.5. The van der Waals surface area contributed by atoms with Crippen molar-refractivity contribution in [1.29, 1.82) is 0 Å². The smallest absolute Gasteiger partial charge is 0.222 e. The summed E-state index contributed by atoms with van der Waals surface area (Å²) in [5.41, 5.74) is 1.18. The molecule has 0 spiro atoms. The van der Waals surface area contributed by atoms with Crippen molar-refractivity contribution in [2.45, 2.75) is 50.6 Å². The van der Waals surface area contributed by atoms with Crippen LogP contribution >= 0.6 is 11.6 Å². The van der Waals surface area contributed by atoms with Crippen molar-refractivity contribution in [2.24, 2.45) is 5.92 Å². The number of rotatable bonds is 5. The minimum atomic E-state index is 0.143. The van der Waals surface area contributed by atoms with Gasteiger partial charge in [0.25, 0.3) is 0 Å². The molecule has 3 rings (SSSR count). The van der Waals surface area contributed by atoms with Gasteiger partial charge in [0.2, 0.25) is 5.91 Å². The summed E-state index contributed by atoms with van der Waals surface area (Å²) in [5.74, 6) is 0.743. The predicted molar refractivity (Wildman–Crippen MR) is 85.3 cm³/mol. The molecule has 1 aliphatic carbocycles. The van der Waals surface area contributed by atoms with E-state index in [1.54, 1.807) is 0 Å². The molecule has 0 radical (unpaired) electrons. The predicted octanol–water partition coefficient (Wildman–Crippen LogP) is 3.44. The van der Waals surface area contributed by atoms with Crippen LogP contribution in [0.4, 0.5) is 0 Å². The van der Waals surface area contributed by atoms with Gasteiger partial charge in [-0.25, -0.2) is 0 Å². The van der Waals surface area contributed by atoms with E-state index in [4.69, 9.17) is 11.6 Å². The quantitative estimate of drug-likeness (QED) is 0.875. The second kappa shape index (κ2) is 6.80. The van der Waals surface area contributed by atoms with Crippen molar-refractivity contribution in [3.8, 4) is 0 Å². The van der Waals surface area contributed by atoms with E-state index in [0.717, 1.165) is 18.0 Å². The van der Waals surface area contributed by atoms with Crippen LogP contribution in [0, 0.1) is 5.92 Å². The molecule has 1 amide bonds. The van der Waals surface area contributed by atoms with Crippen LogP contribution in [0.5, 0.6) is 0 Å². The second-order valence-corrected chi connectivity index (χ2v) is 6.72. The first kappa shape index (κ1) is 14.9. The zero-order valence-electron chi connectivity index (χ0n) is 12.3. The van der Waals surface area contributed by atoms with Crippen LogP contribution in [0.25, 0.3) is 0 Å². The number of hydrogen-bond donors (Lipinski definition) is 2. The standard InChI is InChI=1S/C17H23ClN2O/c18-14-8-6-13(7-9-14)17(12-3-1-4-12)20-16(21)11-15-5-2-10-19-15/h6-9,12,15,17,19H,1-5,10-11H2,(H,20,21). The van der Waals surface area contributed by atoms with E-state index in [9.17, 15) is 4.79 Å². The average Bonchev–Trinajstić information content (AvgIpc) is 2.89. The van der Waals surface area contributed by atoms with Crippen molar-refractivity contribution in [3.05, 3.63) is 34.9 Å². The van der Waals surface area contributed by atoms with Crippen LogP contribution in [0.3, 0.4) is 0 Å². The molecule has 1 saturated heterocycles. The van der Waals surface area contributed by atoms with Crippen LogP contribution in [-0.4, -0.2) is 18.5 Å². The van der Waals surface area contributed by atoms with E-state index in [1.807, 2.05) is 24.3 Å². The average molecular weight is 307 g/mol. The maximum atomic E-state index is 12.3. The van der Waals surface area contributed by atoms with E-state index < -0.39 is 0 Å². The van der Waals surface area contributed by atoms with Gasteiger partial charge >= 0.3 is 0 Å². The topological polar surface area (TPSA) is 41.1 Å². The Morgan fingerprint density at radius 2 is 2.00 bits per heavy atom. The molecule has 21 heavy (non-hydrogen) atoms. The summed E-state index contributed by atoms with van der Waals surface area (Å²) >= 11 is 5.97. The Morgan fingerprint density at radius 3 is 2.57 bits per heavy atom. The van der Waals surface area contributed by atoms with Gasteiger partial charge in [-0.3, -0.25) is 4.79 Å². The molecular formula is C17H23ClN2O. The lowest BCUT2D eigenvalue weighted by atomic mass is 9.77. The molecule has 2 fully saturated rings. The lowest BCUT2D eigenvalue weighted by molar-refractivity contribution is -0.122. The number of carbonyl (C=O) groups excluding carboxylic acids is 1. The maximum absolute atomic E-state index is 12.3. The Bertz CT molecular complexity index is 478. The summed E-state index contributed by atoms with van der Waals surface area (Å²) in [6.07, 6.45) is 6.57. The number of halogens is 1. The van der Waals surface area contributed by atoms with Crippen molar-refractivity contribution in [1.82, 2.24) is 10.6 Å². The third-order valence-corrected chi connectivity index (χ3v) is 5.01. The molecule has 1 aromatic carbocycles. The summed E-state index contributed by atoms with van der Waals surface area (Å²) in [7, 11) is 0. The monoisotopic (exact) mass is 306 g/mol. The minimum Gasteiger partial charge on any atom is -0.349 e. The van der Waals surface area contributed by atoms with Gasteiger partial charge in [-0.1, -0.05) is 30.2 Å². The molecule has 1 saturated carbocycles. The van der Waals surface area contributed by atoms with Gasteiger partial charge in [0.1, 0.15) is 0 Å². The third-order valence-electron chi connectivity index (χ3n) is 4.76. The van der Waals surface area contributed by atoms with Crippen LogP contribution < -0.4 is 10.6 Å². The molecular weight excluding hydrogens is 284 g/mol. The molecule has 2 atom stereocenters. The summed E-state index contributed by atoms with van der Waals surface area (Å²) in [5, 5.41) is 7.39. The van der Waals surface area contributed by atoms with Gasteiger partial charge < -0.3 is 10.6 Å². The molecule has 1 aromatic rings. The summed E-state index contributed by atoms with van der Waals surface area (Å²) in [4.78, 5) is 12.3. The first-order valence-electron chi connectivity index (χ1n) is 8.00. The van der Waals surface area contributed by atoms with E-state index in [2.05, 4.69) is 10.6 Å². The number of nitrogens with one attached hydrogen (secondary N) is 2. The number of amides is 1. The molecule has 2 N–H and O–H groups in total. The van der Waals surface area contributed by atoms with Crippen molar-refractivity contribution >= 4 is 17.5 Å². The highest BCUT2D eigenvalue weighted by Gasteiger charge is 2.30. The summed E-state index contributed by atoms with van der Waals surface area (Å²) in [6, 6.07) is 8.40. The van der Waals surface area contributed by atoms with Gasteiger partial charge in [0, 0.05) is 17.5 Å². The fourth-order valence-corrected chi connectivity index (χ4v) is 3.43. The van der Waals surface area contributed by atoms with Crippen LogP contribution in [0.15, 0.2) is 24.3 Å². The van der Waals surface area contributed by atoms with Crippen molar-refractivity contribution in [2.75, 3.05) is 6.54 Å². The van der Waals surface area contributed by atoms with Gasteiger partial charge in [-0.05, 0) is 55.8 Å². The SMILES string of the molecule is O=C(CC1CCCN1)NC(c1ccc(Cl)cc1)C1CCC1. The molecule has 2 aliphatic rings. The fourth-order valence-electron chi connectivity index (χ4n) is 3.30. The van der Waals surface area contributed by atoms with Gasteiger partial charge in [0.05, 0.1) is 6.04 Å². The van der Waals surface area contributed by atoms with Gasteiger partial charge in [-0.2, -0.15) is 0 Å². The first-order valence-corrected chi connectivity index (χ1v) is 8.38. The molecule has 4 heteroatoms. The molecule has 0 bridgehead atoms. The third kappa shape index (κ3) is 3.78. The highest BCUT2D eigenvalue weighted by Crippen LogP contribution is 2.38. The van der Waals surface area contributed by atoms with Crippen LogP contribution in [0.1, 0.15) is 50.1 Å². The number of carbonyl (C=O) groups is 1. The van der Waals surface area contributed by atoms with E-state index >= 15 is 0 Å². The van der Waals surface area contributed by atoms with Gasteiger partial charge in [0.15, 0.2) is 0 Å². The molecule has 1 heterocycles. The Morgan fingerprint density at radius 1 is 1.24 bits per heavy atom. The maximum Gasteiger partial charge on any atom is 0.222 e. The molecule has 1 aliphatic heterocycles. The van der Waals surface area contributed by atoms with Crippen LogP contribution in [0.2, 0.25) is 5.02 Å². The minimum absolute atomic E-state index is 0.143. The van der Waals surface area contributed by atoms with E-state index in [0.29, 0.717) is 18.4 Å². The first-order chi connectivity index (χ1) is 10.2. The van der Waals surface area contributed by atoms with E-state index in [1.165, 1.54) is 31.2 Å². The van der Waals surface area contributed by atoms with Crippen LogP contribution in [-0.2, 0) is 4.79 Å². The number of hydrogen-bond acceptors (Lipinski definition) is 2. The normalized spacial score (nSPS) is 23.6. The van der Waals surface area contributed by atoms with E-state index in [-0.39, 0.29) is 11.9 Å². The second-order valence-electron chi connectivity index (χ2n) is 6.29. The summed E-state index contributed by atoms with van der Waals surface area (Å²) in [6.45, 7) is 1.04. The Hall–Kier alpha value is -1.06. The molecule has 2 unspecified atom stereocenters.